The van der Waals surface area contributed by atoms with Crippen LogP contribution < -0.4 is 4.90 Å². The predicted molar refractivity (Wildman–Crippen MR) is 145 cm³/mol. The minimum Gasteiger partial charge on any atom is -0.300 e. The van der Waals surface area contributed by atoms with Crippen LogP contribution in [0.4, 0.5) is 10.5 Å². The Morgan fingerprint density at radius 1 is 0.868 bits per heavy atom. The van der Waals surface area contributed by atoms with Gasteiger partial charge < -0.3 is 4.90 Å². The number of rotatable bonds is 5. The number of aryl methyl sites for hydroxylation is 1. The van der Waals surface area contributed by atoms with Crippen molar-refractivity contribution in [3.63, 3.8) is 0 Å². The Balaban J connectivity index is 1.53. The van der Waals surface area contributed by atoms with E-state index >= 15 is 0 Å². The van der Waals surface area contributed by atoms with Gasteiger partial charge in [0.1, 0.15) is 5.54 Å². The summed E-state index contributed by atoms with van der Waals surface area (Å²) < 4.78 is 0.725. The van der Waals surface area contributed by atoms with Gasteiger partial charge in [0.25, 0.3) is 5.91 Å². The summed E-state index contributed by atoms with van der Waals surface area (Å²) in [5.41, 5.74) is 1.50. The first-order valence-corrected chi connectivity index (χ1v) is 13.5. The summed E-state index contributed by atoms with van der Waals surface area (Å²) in [6.45, 7) is 3.89. The number of amides is 5. The number of carbonyl (C=O) groups is 4. The molecule has 3 aliphatic heterocycles. The molecule has 7 nitrogen and oxygen atoms in total. The Hall–Kier alpha value is -3.78. The zero-order chi connectivity index (χ0) is 26.8. The number of hydrogen-bond acceptors (Lipinski definition) is 4. The van der Waals surface area contributed by atoms with Crippen LogP contribution in [0.2, 0.25) is 0 Å². The topological polar surface area (TPSA) is 78.0 Å². The quantitative estimate of drug-likeness (QED) is 0.310. The fourth-order valence-electron chi connectivity index (χ4n) is 6.56. The number of imide groups is 2. The van der Waals surface area contributed by atoms with E-state index in [2.05, 4.69) is 15.9 Å². The van der Waals surface area contributed by atoms with E-state index in [1.807, 2.05) is 74.5 Å². The Kier molecular flexibility index (Phi) is 5.76. The van der Waals surface area contributed by atoms with Crippen LogP contribution in [0.25, 0.3) is 0 Å². The van der Waals surface area contributed by atoms with Gasteiger partial charge >= 0.3 is 6.03 Å². The zero-order valence-electron chi connectivity index (χ0n) is 21.0. The Morgan fingerprint density at radius 2 is 1.61 bits per heavy atom. The smallest absolute Gasteiger partial charge is 0.300 e. The Morgan fingerprint density at radius 3 is 2.29 bits per heavy atom. The molecule has 0 N–H and O–H groups in total. The van der Waals surface area contributed by atoms with Gasteiger partial charge in [-0.2, -0.15) is 0 Å². The van der Waals surface area contributed by atoms with Crippen molar-refractivity contribution in [1.29, 1.82) is 0 Å². The highest BCUT2D eigenvalue weighted by Gasteiger charge is 2.76. The number of carbonyl (C=O) groups excluding carboxylic acids is 4. The molecule has 3 aliphatic rings. The maximum atomic E-state index is 14.3. The van der Waals surface area contributed by atoms with Gasteiger partial charge in [-0.25, -0.2) is 9.69 Å². The molecule has 192 valence electrons. The van der Waals surface area contributed by atoms with E-state index < -0.39 is 41.3 Å². The molecule has 0 spiro atoms. The monoisotopic (exact) mass is 571 g/mol. The number of halogens is 1. The van der Waals surface area contributed by atoms with Gasteiger partial charge in [0.15, 0.2) is 0 Å². The summed E-state index contributed by atoms with van der Waals surface area (Å²) in [6.07, 6.45) is 0.212. The molecule has 5 amide bonds. The average molecular weight is 572 g/mol. The fourth-order valence-corrected chi connectivity index (χ4v) is 6.95. The molecule has 3 unspecified atom stereocenters. The molecule has 3 fully saturated rings. The van der Waals surface area contributed by atoms with Gasteiger partial charge in [-0.05, 0) is 42.7 Å². The molecule has 0 aliphatic carbocycles. The van der Waals surface area contributed by atoms with E-state index in [1.165, 1.54) is 14.7 Å². The third kappa shape index (κ3) is 3.32. The molecule has 3 saturated heterocycles. The largest absolute Gasteiger partial charge is 0.332 e. The summed E-state index contributed by atoms with van der Waals surface area (Å²) in [7, 11) is 0. The van der Waals surface area contributed by atoms with Crippen LogP contribution in [0.3, 0.4) is 0 Å². The van der Waals surface area contributed by atoms with Crippen molar-refractivity contribution in [3.8, 4) is 0 Å². The van der Waals surface area contributed by atoms with Crippen molar-refractivity contribution in [3.05, 3.63) is 100 Å². The summed E-state index contributed by atoms with van der Waals surface area (Å²) in [5.74, 6) is -3.01. The zero-order valence-corrected chi connectivity index (χ0v) is 22.6. The SMILES string of the molecule is CC[C@@]12C(=O)N(c3cccc(Br)c3)C(=O)N1C(c1cccc(C)c1)C1C(=O)N(Cc3ccccc3)C(=O)C12. The van der Waals surface area contributed by atoms with E-state index in [4.69, 9.17) is 0 Å². The Labute approximate surface area is 229 Å². The number of nitrogens with zero attached hydrogens (tertiary/aromatic N) is 3. The maximum Gasteiger partial charge on any atom is 0.332 e. The van der Waals surface area contributed by atoms with Gasteiger partial charge in [-0.15, -0.1) is 0 Å². The fraction of sp³-hybridized carbons (Fsp3) is 0.267. The summed E-state index contributed by atoms with van der Waals surface area (Å²) in [4.78, 5) is 60.6. The van der Waals surface area contributed by atoms with Gasteiger partial charge in [0.05, 0.1) is 30.1 Å². The first kappa shape index (κ1) is 24.6. The molecule has 8 heteroatoms. The lowest BCUT2D eigenvalue weighted by Crippen LogP contribution is -2.53. The summed E-state index contributed by atoms with van der Waals surface area (Å²) in [5, 5.41) is 0. The van der Waals surface area contributed by atoms with Crippen molar-refractivity contribution in [1.82, 2.24) is 9.80 Å². The second-order valence-electron chi connectivity index (χ2n) is 10.2. The molecule has 0 saturated carbocycles. The highest BCUT2D eigenvalue weighted by Crippen LogP contribution is 2.60. The molecule has 3 heterocycles. The molecule has 6 rings (SSSR count). The third-order valence-electron chi connectivity index (χ3n) is 8.15. The standard InChI is InChI=1S/C30H26BrN3O4/c1-3-30-24-23(26(35)32(27(24)36)17-19-10-5-4-6-11-19)25(20-12-7-9-18(2)15-20)34(30)29(38)33(28(30)37)22-14-8-13-21(31)16-22/h4-16,23-25H,3,17H2,1-2H3/t23?,24?,25?,30-/m1/s1. The third-order valence-corrected chi connectivity index (χ3v) is 8.64. The number of hydrogen-bond donors (Lipinski definition) is 0. The number of urea groups is 1. The van der Waals surface area contributed by atoms with E-state index in [1.54, 1.807) is 18.2 Å². The van der Waals surface area contributed by atoms with Gasteiger partial charge in [0.2, 0.25) is 11.8 Å². The normalized spacial score (nSPS) is 26.4. The number of likely N-dealkylation sites (tertiary alicyclic amines) is 1. The lowest BCUT2D eigenvalue weighted by molar-refractivity contribution is -0.145. The van der Waals surface area contributed by atoms with E-state index in [-0.39, 0.29) is 18.9 Å². The first-order valence-electron chi connectivity index (χ1n) is 12.7. The molecule has 38 heavy (non-hydrogen) atoms. The van der Waals surface area contributed by atoms with Crippen molar-refractivity contribution >= 4 is 45.4 Å². The highest BCUT2D eigenvalue weighted by atomic mass is 79.9. The number of anilines is 1. The summed E-state index contributed by atoms with van der Waals surface area (Å²) >= 11 is 3.43. The van der Waals surface area contributed by atoms with Gasteiger partial charge in [0, 0.05) is 4.47 Å². The van der Waals surface area contributed by atoms with Crippen molar-refractivity contribution < 1.29 is 19.2 Å². The molecular formula is C30H26BrN3O4. The minimum atomic E-state index is -1.46. The second kappa shape index (κ2) is 8.91. The molecular weight excluding hydrogens is 546 g/mol. The molecule has 4 atom stereocenters. The van der Waals surface area contributed by atoms with Gasteiger partial charge in [-0.3, -0.25) is 19.3 Å². The number of benzene rings is 3. The van der Waals surface area contributed by atoms with Crippen LogP contribution in [-0.2, 0) is 20.9 Å². The van der Waals surface area contributed by atoms with Crippen molar-refractivity contribution in [2.24, 2.45) is 11.8 Å². The van der Waals surface area contributed by atoms with E-state index in [9.17, 15) is 19.2 Å². The lowest BCUT2D eigenvalue weighted by atomic mass is 9.77. The van der Waals surface area contributed by atoms with E-state index in [0.717, 1.165) is 21.2 Å². The van der Waals surface area contributed by atoms with Crippen molar-refractivity contribution in [2.75, 3.05) is 4.90 Å². The van der Waals surface area contributed by atoms with Crippen LogP contribution in [0, 0.1) is 18.8 Å². The molecule has 0 aromatic heterocycles. The maximum absolute atomic E-state index is 14.3. The van der Waals surface area contributed by atoms with Crippen molar-refractivity contribution in [2.45, 2.75) is 38.4 Å². The summed E-state index contributed by atoms with van der Waals surface area (Å²) in [6, 6.07) is 22.7. The number of fused-ring (bicyclic) bond motifs is 3. The first-order chi connectivity index (χ1) is 18.3. The van der Waals surface area contributed by atoms with Crippen LogP contribution >= 0.6 is 15.9 Å². The lowest BCUT2D eigenvalue weighted by Gasteiger charge is -2.34. The average Bonchev–Trinajstić information content (AvgIpc) is 3.44. The highest BCUT2D eigenvalue weighted by molar-refractivity contribution is 9.10. The van der Waals surface area contributed by atoms with E-state index in [0.29, 0.717) is 5.69 Å². The molecule has 0 bridgehead atoms. The molecule has 0 radical (unpaired) electrons. The molecule has 3 aromatic rings. The Bertz CT molecular complexity index is 1490. The second-order valence-corrected chi connectivity index (χ2v) is 11.1. The predicted octanol–water partition coefficient (Wildman–Crippen LogP) is 5.23. The molecule has 3 aromatic carbocycles. The van der Waals surface area contributed by atoms with Crippen LogP contribution in [0.15, 0.2) is 83.3 Å². The minimum absolute atomic E-state index is 0.128. The van der Waals surface area contributed by atoms with Crippen LogP contribution in [0.5, 0.6) is 0 Å². The van der Waals surface area contributed by atoms with Crippen LogP contribution in [0.1, 0.15) is 36.1 Å². The van der Waals surface area contributed by atoms with Gasteiger partial charge in [-0.1, -0.05) is 89.1 Å². The van der Waals surface area contributed by atoms with Crippen LogP contribution in [-0.4, -0.2) is 39.1 Å².